The minimum absolute atomic E-state index is 0.682. The van der Waals surface area contributed by atoms with Gasteiger partial charge in [-0.3, -0.25) is 4.98 Å². The van der Waals surface area contributed by atoms with E-state index in [9.17, 15) is 0 Å². The Morgan fingerprint density at radius 3 is 3.08 bits per heavy atom. The van der Waals surface area contributed by atoms with Crippen molar-refractivity contribution in [3.8, 4) is 5.75 Å². The molecule has 0 spiro atoms. The minimum Gasteiger partial charge on any atom is -0.492 e. The first-order chi connectivity index (χ1) is 5.79. The van der Waals surface area contributed by atoms with Crippen LogP contribution in [0.1, 0.15) is 13.3 Å². The Morgan fingerprint density at radius 1 is 1.67 bits per heavy atom. The molecule has 0 saturated heterocycles. The van der Waals surface area contributed by atoms with Gasteiger partial charge in [0.05, 0.1) is 12.8 Å². The summed E-state index contributed by atoms with van der Waals surface area (Å²) in [5.41, 5.74) is 1.14. The number of nitrogens with zero attached hydrogens (tertiary/aromatic N) is 1. The average Bonchev–Trinajstić information content (AvgIpc) is 2.05. The fourth-order valence-corrected chi connectivity index (χ4v) is 0.776. The molecule has 0 aliphatic carbocycles. The lowest BCUT2D eigenvalue weighted by molar-refractivity contribution is 0.320. The van der Waals surface area contributed by atoms with Gasteiger partial charge in [0.15, 0.2) is 0 Å². The van der Waals surface area contributed by atoms with Crippen LogP contribution < -0.4 is 4.74 Å². The van der Waals surface area contributed by atoms with Gasteiger partial charge in [0.1, 0.15) is 5.75 Å². The normalized spacial score (nSPS) is 9.42. The van der Waals surface area contributed by atoms with E-state index in [4.69, 9.17) is 4.74 Å². The molecular formula is C10H13NO. The summed E-state index contributed by atoms with van der Waals surface area (Å²) in [7, 11) is 0. The van der Waals surface area contributed by atoms with Gasteiger partial charge in [-0.05, 0) is 19.1 Å². The summed E-state index contributed by atoms with van der Waals surface area (Å²) in [5.74, 6) is 0.818. The SMILES string of the molecule is C=C(C)CCOc1cccnc1. The summed E-state index contributed by atoms with van der Waals surface area (Å²) >= 11 is 0. The van der Waals surface area contributed by atoms with E-state index in [1.54, 1.807) is 12.4 Å². The molecule has 0 aliphatic heterocycles. The van der Waals surface area contributed by atoms with Gasteiger partial charge >= 0.3 is 0 Å². The lowest BCUT2D eigenvalue weighted by atomic mass is 10.3. The van der Waals surface area contributed by atoms with Gasteiger partial charge in [0.25, 0.3) is 0 Å². The molecule has 2 nitrogen and oxygen atoms in total. The Kier molecular flexibility index (Phi) is 3.33. The van der Waals surface area contributed by atoms with E-state index >= 15 is 0 Å². The monoisotopic (exact) mass is 163 g/mol. The lowest BCUT2D eigenvalue weighted by Gasteiger charge is -2.03. The molecule has 0 N–H and O–H groups in total. The number of pyridine rings is 1. The van der Waals surface area contributed by atoms with Crippen LogP contribution in [-0.4, -0.2) is 11.6 Å². The van der Waals surface area contributed by atoms with Crippen molar-refractivity contribution in [2.75, 3.05) is 6.61 Å². The largest absolute Gasteiger partial charge is 0.492 e. The maximum absolute atomic E-state index is 5.39. The van der Waals surface area contributed by atoms with Crippen LogP contribution in [0.25, 0.3) is 0 Å². The van der Waals surface area contributed by atoms with E-state index in [1.165, 1.54) is 0 Å². The van der Waals surface area contributed by atoms with Crippen molar-refractivity contribution >= 4 is 0 Å². The van der Waals surface area contributed by atoms with Crippen molar-refractivity contribution in [2.24, 2.45) is 0 Å². The zero-order chi connectivity index (χ0) is 8.81. The molecule has 1 aromatic rings. The summed E-state index contributed by atoms with van der Waals surface area (Å²) < 4.78 is 5.39. The van der Waals surface area contributed by atoms with Gasteiger partial charge in [-0.15, -0.1) is 6.58 Å². The maximum atomic E-state index is 5.39. The topological polar surface area (TPSA) is 22.1 Å². The molecule has 0 saturated carbocycles. The first-order valence-corrected chi connectivity index (χ1v) is 3.96. The zero-order valence-corrected chi connectivity index (χ0v) is 7.29. The van der Waals surface area contributed by atoms with Gasteiger partial charge < -0.3 is 4.74 Å². The van der Waals surface area contributed by atoms with Gasteiger partial charge in [-0.1, -0.05) is 5.57 Å². The van der Waals surface area contributed by atoms with E-state index in [-0.39, 0.29) is 0 Å². The molecular weight excluding hydrogens is 150 g/mol. The molecule has 0 radical (unpaired) electrons. The molecule has 1 heterocycles. The standard InChI is InChI=1S/C10H13NO/c1-9(2)5-7-12-10-4-3-6-11-8-10/h3-4,6,8H,1,5,7H2,2H3. The fourth-order valence-electron chi connectivity index (χ4n) is 0.776. The maximum Gasteiger partial charge on any atom is 0.137 e. The van der Waals surface area contributed by atoms with Crippen molar-refractivity contribution in [2.45, 2.75) is 13.3 Å². The molecule has 0 aliphatic rings. The first kappa shape index (κ1) is 8.78. The van der Waals surface area contributed by atoms with E-state index in [2.05, 4.69) is 11.6 Å². The Morgan fingerprint density at radius 2 is 2.50 bits per heavy atom. The number of hydrogen-bond acceptors (Lipinski definition) is 2. The Labute approximate surface area is 72.9 Å². The van der Waals surface area contributed by atoms with Crippen molar-refractivity contribution in [3.05, 3.63) is 36.7 Å². The highest BCUT2D eigenvalue weighted by molar-refractivity contribution is 5.15. The Bertz CT molecular complexity index is 243. The molecule has 0 unspecified atom stereocenters. The van der Waals surface area contributed by atoms with Crippen molar-refractivity contribution in [1.29, 1.82) is 0 Å². The molecule has 1 rings (SSSR count). The summed E-state index contributed by atoms with van der Waals surface area (Å²) in [4.78, 5) is 3.94. The number of ether oxygens (including phenoxy) is 1. The van der Waals surface area contributed by atoms with E-state index in [0.29, 0.717) is 6.61 Å². The van der Waals surface area contributed by atoms with Gasteiger partial charge in [0, 0.05) is 12.6 Å². The van der Waals surface area contributed by atoms with Gasteiger partial charge in [-0.25, -0.2) is 0 Å². The summed E-state index contributed by atoms with van der Waals surface area (Å²) in [5, 5.41) is 0. The summed E-state index contributed by atoms with van der Waals surface area (Å²) in [6.07, 6.45) is 4.33. The van der Waals surface area contributed by atoms with Crippen LogP contribution in [-0.2, 0) is 0 Å². The van der Waals surface area contributed by atoms with Crippen LogP contribution in [0.2, 0.25) is 0 Å². The molecule has 64 valence electrons. The van der Waals surface area contributed by atoms with E-state index < -0.39 is 0 Å². The van der Waals surface area contributed by atoms with Crippen LogP contribution in [0.3, 0.4) is 0 Å². The van der Waals surface area contributed by atoms with Crippen molar-refractivity contribution < 1.29 is 4.74 Å². The smallest absolute Gasteiger partial charge is 0.137 e. The molecule has 0 aromatic carbocycles. The second kappa shape index (κ2) is 4.54. The Hall–Kier alpha value is -1.31. The zero-order valence-electron chi connectivity index (χ0n) is 7.29. The minimum atomic E-state index is 0.682. The molecule has 0 fully saturated rings. The van der Waals surface area contributed by atoms with Crippen molar-refractivity contribution in [3.63, 3.8) is 0 Å². The molecule has 0 atom stereocenters. The third-order valence-corrected chi connectivity index (χ3v) is 1.43. The van der Waals surface area contributed by atoms with Crippen LogP contribution in [0, 0.1) is 0 Å². The molecule has 12 heavy (non-hydrogen) atoms. The third kappa shape index (κ3) is 3.19. The van der Waals surface area contributed by atoms with Crippen LogP contribution in [0.4, 0.5) is 0 Å². The lowest BCUT2D eigenvalue weighted by Crippen LogP contribution is -1.97. The number of hydrogen-bond donors (Lipinski definition) is 0. The summed E-state index contributed by atoms with van der Waals surface area (Å²) in [6, 6.07) is 3.75. The second-order valence-electron chi connectivity index (χ2n) is 2.74. The van der Waals surface area contributed by atoms with E-state index in [0.717, 1.165) is 17.7 Å². The van der Waals surface area contributed by atoms with Gasteiger partial charge in [-0.2, -0.15) is 0 Å². The number of aromatic nitrogens is 1. The Balaban J connectivity index is 2.29. The highest BCUT2D eigenvalue weighted by Crippen LogP contribution is 2.07. The molecule has 0 bridgehead atoms. The highest BCUT2D eigenvalue weighted by atomic mass is 16.5. The first-order valence-electron chi connectivity index (χ1n) is 3.96. The van der Waals surface area contributed by atoms with Gasteiger partial charge in [0.2, 0.25) is 0 Å². The number of rotatable bonds is 4. The van der Waals surface area contributed by atoms with Crippen LogP contribution in [0.15, 0.2) is 36.7 Å². The van der Waals surface area contributed by atoms with E-state index in [1.807, 2.05) is 19.1 Å². The molecule has 0 amide bonds. The van der Waals surface area contributed by atoms with Crippen molar-refractivity contribution in [1.82, 2.24) is 4.98 Å². The third-order valence-electron chi connectivity index (χ3n) is 1.43. The van der Waals surface area contributed by atoms with Crippen LogP contribution in [0.5, 0.6) is 5.75 Å². The average molecular weight is 163 g/mol. The quantitative estimate of drug-likeness (QED) is 0.636. The van der Waals surface area contributed by atoms with Crippen LogP contribution >= 0.6 is 0 Å². The predicted octanol–water partition coefficient (Wildman–Crippen LogP) is 2.43. The molecule has 2 heteroatoms. The summed E-state index contributed by atoms with van der Waals surface area (Å²) in [6.45, 7) is 6.46. The predicted molar refractivity (Wildman–Crippen MR) is 49.2 cm³/mol. The molecule has 1 aromatic heterocycles. The fraction of sp³-hybridized carbons (Fsp3) is 0.300. The highest BCUT2D eigenvalue weighted by Gasteiger charge is 1.91. The second-order valence-corrected chi connectivity index (χ2v) is 2.74.